The van der Waals surface area contributed by atoms with E-state index in [0.29, 0.717) is 5.25 Å². The van der Waals surface area contributed by atoms with Gasteiger partial charge >= 0.3 is 6.09 Å². The molecule has 5 heteroatoms. The fourth-order valence-electron chi connectivity index (χ4n) is 3.89. The summed E-state index contributed by atoms with van der Waals surface area (Å²) in [4.78, 5) is 19.4. The molecular formula is C21H32N2O2S. The summed E-state index contributed by atoms with van der Waals surface area (Å²) in [5.74, 6) is 0. The van der Waals surface area contributed by atoms with E-state index in [4.69, 9.17) is 9.72 Å². The smallest absolute Gasteiger partial charge is 0.410 e. The van der Waals surface area contributed by atoms with E-state index in [0.717, 1.165) is 30.8 Å². The summed E-state index contributed by atoms with van der Waals surface area (Å²) < 4.78 is 5.68. The van der Waals surface area contributed by atoms with Crippen LogP contribution in [0, 0.1) is 0 Å². The van der Waals surface area contributed by atoms with Gasteiger partial charge in [0.1, 0.15) is 10.6 Å². The second kappa shape index (κ2) is 8.64. The summed E-state index contributed by atoms with van der Waals surface area (Å²) in [5.41, 5.74) is 0.738. The molecule has 2 aliphatic rings. The quantitative estimate of drug-likeness (QED) is 0.652. The highest BCUT2D eigenvalue weighted by molar-refractivity contribution is 7.99. The first-order chi connectivity index (χ1) is 12.4. The van der Waals surface area contributed by atoms with Crippen LogP contribution in [0.25, 0.3) is 0 Å². The fraction of sp³-hybridized carbons (Fsp3) is 0.714. The van der Waals surface area contributed by atoms with Gasteiger partial charge in [0.25, 0.3) is 0 Å². The normalized spacial score (nSPS) is 22.3. The lowest BCUT2D eigenvalue weighted by Gasteiger charge is -2.37. The van der Waals surface area contributed by atoms with E-state index in [9.17, 15) is 4.79 Å². The Hall–Kier alpha value is -1.23. The van der Waals surface area contributed by atoms with Crippen molar-refractivity contribution in [2.24, 2.45) is 0 Å². The summed E-state index contributed by atoms with van der Waals surface area (Å²) in [5, 5.41) is 1.77. The number of likely N-dealkylation sites (tertiary alicyclic amines) is 1. The Morgan fingerprint density at radius 2 is 1.88 bits per heavy atom. The molecule has 144 valence electrons. The maximum absolute atomic E-state index is 12.8. The number of aromatic nitrogens is 1. The van der Waals surface area contributed by atoms with E-state index in [-0.39, 0.29) is 12.1 Å². The maximum Gasteiger partial charge on any atom is 0.410 e. The van der Waals surface area contributed by atoms with Gasteiger partial charge in [-0.1, -0.05) is 25.3 Å². The molecule has 1 saturated carbocycles. The zero-order chi connectivity index (χ0) is 18.6. The Bertz CT molecular complexity index is 608. The lowest BCUT2D eigenvalue weighted by Crippen LogP contribution is -2.42. The largest absolute Gasteiger partial charge is 0.444 e. The van der Waals surface area contributed by atoms with E-state index in [1.54, 1.807) is 0 Å². The Balaban J connectivity index is 1.79. The molecule has 0 aromatic carbocycles. The molecule has 26 heavy (non-hydrogen) atoms. The average Bonchev–Trinajstić information content (AvgIpc) is 2.62. The zero-order valence-electron chi connectivity index (χ0n) is 16.4. The highest BCUT2D eigenvalue weighted by Gasteiger charge is 2.33. The van der Waals surface area contributed by atoms with Crippen LogP contribution in [0.2, 0.25) is 0 Å². The number of carbonyl (C=O) groups is 1. The molecule has 1 aromatic rings. The van der Waals surface area contributed by atoms with E-state index >= 15 is 0 Å². The van der Waals surface area contributed by atoms with Gasteiger partial charge in [0.05, 0.1) is 6.04 Å². The molecule has 1 atom stereocenters. The van der Waals surface area contributed by atoms with Gasteiger partial charge in [-0.05, 0) is 58.9 Å². The van der Waals surface area contributed by atoms with Crippen molar-refractivity contribution in [3.05, 3.63) is 23.9 Å². The van der Waals surface area contributed by atoms with Gasteiger partial charge in [0.15, 0.2) is 0 Å². The van der Waals surface area contributed by atoms with Gasteiger partial charge in [-0.2, -0.15) is 0 Å². The van der Waals surface area contributed by atoms with E-state index in [2.05, 4.69) is 6.07 Å². The fourth-order valence-corrected chi connectivity index (χ4v) is 5.24. The third kappa shape index (κ3) is 5.15. The van der Waals surface area contributed by atoms with Crippen LogP contribution in [0.3, 0.4) is 0 Å². The third-order valence-electron chi connectivity index (χ3n) is 5.12. The van der Waals surface area contributed by atoms with Gasteiger partial charge in [-0.3, -0.25) is 0 Å². The lowest BCUT2D eigenvalue weighted by atomic mass is 9.97. The lowest BCUT2D eigenvalue weighted by molar-refractivity contribution is 0.00914. The van der Waals surface area contributed by atoms with Gasteiger partial charge in [0.2, 0.25) is 0 Å². The minimum Gasteiger partial charge on any atom is -0.444 e. The summed E-state index contributed by atoms with van der Waals surface area (Å²) in [6, 6.07) is 4.24. The minimum absolute atomic E-state index is 0.0818. The molecule has 0 radical (unpaired) electrons. The second-order valence-electron chi connectivity index (χ2n) is 8.46. The van der Waals surface area contributed by atoms with Gasteiger partial charge in [-0.25, -0.2) is 9.78 Å². The molecule has 0 bridgehead atoms. The number of piperidine rings is 1. The Labute approximate surface area is 162 Å². The second-order valence-corrected chi connectivity index (χ2v) is 9.75. The van der Waals surface area contributed by atoms with Crippen molar-refractivity contribution in [1.82, 2.24) is 9.88 Å². The molecule has 1 saturated heterocycles. The van der Waals surface area contributed by atoms with Crippen LogP contribution in [0.4, 0.5) is 4.79 Å². The van der Waals surface area contributed by atoms with Crippen molar-refractivity contribution in [1.29, 1.82) is 0 Å². The molecule has 0 N–H and O–H groups in total. The Morgan fingerprint density at radius 3 is 2.62 bits per heavy atom. The van der Waals surface area contributed by atoms with Crippen molar-refractivity contribution in [2.75, 3.05) is 6.54 Å². The molecule has 4 nitrogen and oxygen atoms in total. The van der Waals surface area contributed by atoms with Crippen molar-refractivity contribution in [3.63, 3.8) is 0 Å². The molecule has 2 fully saturated rings. The highest BCUT2D eigenvalue weighted by Crippen LogP contribution is 2.40. The topological polar surface area (TPSA) is 42.4 Å². The Kier molecular flexibility index (Phi) is 6.49. The number of hydrogen-bond donors (Lipinski definition) is 0. The van der Waals surface area contributed by atoms with Crippen LogP contribution in [0.5, 0.6) is 0 Å². The van der Waals surface area contributed by atoms with Crippen LogP contribution >= 0.6 is 11.8 Å². The van der Waals surface area contributed by atoms with Crippen LogP contribution in [-0.2, 0) is 4.74 Å². The number of rotatable bonds is 3. The monoisotopic (exact) mass is 376 g/mol. The van der Waals surface area contributed by atoms with Crippen molar-refractivity contribution >= 4 is 17.9 Å². The first kappa shape index (κ1) is 19.5. The summed E-state index contributed by atoms with van der Waals surface area (Å²) >= 11 is 1.92. The molecule has 3 rings (SSSR count). The van der Waals surface area contributed by atoms with Crippen molar-refractivity contribution in [2.45, 2.75) is 94.1 Å². The van der Waals surface area contributed by atoms with Crippen LogP contribution < -0.4 is 0 Å². The van der Waals surface area contributed by atoms with E-state index in [1.807, 2.05) is 49.7 Å². The van der Waals surface area contributed by atoms with Gasteiger partial charge in [0, 0.05) is 23.6 Å². The molecule has 1 aromatic heterocycles. The zero-order valence-corrected chi connectivity index (χ0v) is 17.2. The van der Waals surface area contributed by atoms with Crippen LogP contribution in [-0.4, -0.2) is 33.4 Å². The molecular weight excluding hydrogens is 344 g/mol. The number of thioether (sulfide) groups is 1. The number of ether oxygens (including phenoxy) is 1. The number of hydrogen-bond acceptors (Lipinski definition) is 4. The number of carbonyl (C=O) groups excluding carboxylic acids is 1. The maximum atomic E-state index is 12.8. The van der Waals surface area contributed by atoms with Gasteiger partial charge in [-0.15, -0.1) is 11.8 Å². The van der Waals surface area contributed by atoms with Crippen molar-refractivity contribution in [3.8, 4) is 0 Å². The van der Waals surface area contributed by atoms with Crippen molar-refractivity contribution < 1.29 is 9.53 Å². The number of nitrogens with zero attached hydrogens (tertiary/aromatic N) is 2. The number of pyridine rings is 1. The van der Waals surface area contributed by atoms with Crippen LogP contribution in [0.15, 0.2) is 23.4 Å². The molecule has 1 aliphatic heterocycles. The molecule has 2 heterocycles. The highest BCUT2D eigenvalue weighted by atomic mass is 32.2. The summed E-state index contributed by atoms with van der Waals surface area (Å²) in [7, 11) is 0. The first-order valence-electron chi connectivity index (χ1n) is 10.1. The third-order valence-corrected chi connectivity index (χ3v) is 6.49. The SMILES string of the molecule is CC(C)(C)OC(=O)N1CCCC[C@H]1c1cccnc1SC1CCCCC1. The molecule has 1 aliphatic carbocycles. The average molecular weight is 377 g/mol. The summed E-state index contributed by atoms with van der Waals surface area (Å²) in [6.45, 7) is 6.55. The van der Waals surface area contributed by atoms with E-state index < -0.39 is 5.60 Å². The van der Waals surface area contributed by atoms with E-state index in [1.165, 1.54) is 37.7 Å². The van der Waals surface area contributed by atoms with Crippen LogP contribution in [0.1, 0.15) is 83.7 Å². The molecule has 0 unspecified atom stereocenters. The molecule has 0 spiro atoms. The first-order valence-corrected chi connectivity index (χ1v) is 10.9. The number of amides is 1. The summed E-state index contributed by atoms with van der Waals surface area (Å²) in [6.07, 6.45) is 11.4. The molecule has 1 amide bonds. The predicted octanol–water partition coefficient (Wildman–Crippen LogP) is 5.97. The minimum atomic E-state index is -0.465. The standard InChI is InChI=1S/C21H32N2O2S/c1-21(2,3)25-20(24)23-15-8-7-13-18(23)17-12-9-14-22-19(17)26-16-10-5-4-6-11-16/h9,12,14,16,18H,4-8,10-11,13,15H2,1-3H3/t18-/m0/s1. The van der Waals surface area contributed by atoms with Gasteiger partial charge < -0.3 is 9.64 Å². The Morgan fingerprint density at radius 1 is 1.15 bits per heavy atom. The predicted molar refractivity (Wildman–Crippen MR) is 106 cm³/mol.